The van der Waals surface area contributed by atoms with E-state index in [0.717, 1.165) is 6.42 Å². The molecule has 0 saturated carbocycles. The third kappa shape index (κ3) is 2.80. The van der Waals surface area contributed by atoms with Crippen LogP contribution in [0, 0.1) is 5.82 Å². The summed E-state index contributed by atoms with van der Waals surface area (Å²) in [7, 11) is 0. The van der Waals surface area contributed by atoms with Crippen LogP contribution >= 0.6 is 0 Å². The minimum Gasteiger partial charge on any atom is -0.394 e. The Kier molecular flexibility index (Phi) is 4.44. The SMILES string of the molecule is CCC(C)NC(C)(CO)c1ccccc1F. The van der Waals surface area contributed by atoms with Gasteiger partial charge in [-0.3, -0.25) is 0 Å². The van der Waals surface area contributed by atoms with Crippen LogP contribution in [0.5, 0.6) is 0 Å². The lowest BCUT2D eigenvalue weighted by molar-refractivity contribution is 0.159. The van der Waals surface area contributed by atoms with E-state index in [1.165, 1.54) is 6.07 Å². The van der Waals surface area contributed by atoms with Gasteiger partial charge in [0.15, 0.2) is 0 Å². The van der Waals surface area contributed by atoms with E-state index in [1.807, 2.05) is 13.8 Å². The van der Waals surface area contributed by atoms with Crippen molar-refractivity contribution in [1.82, 2.24) is 5.32 Å². The van der Waals surface area contributed by atoms with Crippen LogP contribution in [0.4, 0.5) is 4.39 Å². The summed E-state index contributed by atoms with van der Waals surface area (Å²) in [6, 6.07) is 6.80. The Labute approximate surface area is 96.5 Å². The van der Waals surface area contributed by atoms with Crippen molar-refractivity contribution in [1.29, 1.82) is 0 Å². The standard InChI is InChI=1S/C13H20FNO/c1-4-10(2)15-13(3,9-16)11-7-5-6-8-12(11)14/h5-8,10,15-16H,4,9H2,1-3H3. The molecule has 0 saturated heterocycles. The van der Waals surface area contributed by atoms with E-state index in [0.29, 0.717) is 5.56 Å². The van der Waals surface area contributed by atoms with Crippen LogP contribution < -0.4 is 5.32 Å². The van der Waals surface area contributed by atoms with Crippen LogP contribution in [0.1, 0.15) is 32.8 Å². The molecule has 1 rings (SSSR count). The number of rotatable bonds is 5. The van der Waals surface area contributed by atoms with Crippen molar-refractivity contribution < 1.29 is 9.50 Å². The highest BCUT2D eigenvalue weighted by Crippen LogP contribution is 2.23. The summed E-state index contributed by atoms with van der Waals surface area (Å²) in [5.41, 5.74) is -0.210. The fraction of sp³-hybridized carbons (Fsp3) is 0.538. The summed E-state index contributed by atoms with van der Waals surface area (Å²) < 4.78 is 13.7. The van der Waals surface area contributed by atoms with Crippen molar-refractivity contribution in [2.75, 3.05) is 6.61 Å². The highest BCUT2D eigenvalue weighted by molar-refractivity contribution is 5.25. The molecule has 0 aromatic heterocycles. The molecule has 0 aliphatic carbocycles. The molecule has 0 spiro atoms. The largest absolute Gasteiger partial charge is 0.394 e. The maximum atomic E-state index is 13.7. The van der Waals surface area contributed by atoms with Gasteiger partial charge in [-0.25, -0.2) is 4.39 Å². The van der Waals surface area contributed by atoms with Gasteiger partial charge in [-0.1, -0.05) is 25.1 Å². The van der Waals surface area contributed by atoms with Crippen LogP contribution in [0.3, 0.4) is 0 Å². The Balaban J connectivity index is 3.00. The van der Waals surface area contributed by atoms with Crippen molar-refractivity contribution in [3.8, 4) is 0 Å². The molecule has 0 aliphatic heterocycles. The lowest BCUT2D eigenvalue weighted by atomic mass is 9.91. The molecule has 0 fully saturated rings. The van der Waals surface area contributed by atoms with Crippen molar-refractivity contribution in [2.24, 2.45) is 0 Å². The summed E-state index contributed by atoms with van der Waals surface area (Å²) in [6.45, 7) is 5.77. The van der Waals surface area contributed by atoms with Crippen molar-refractivity contribution >= 4 is 0 Å². The smallest absolute Gasteiger partial charge is 0.128 e. The molecule has 0 heterocycles. The third-order valence-electron chi connectivity index (χ3n) is 2.96. The number of aliphatic hydroxyl groups excluding tert-OH is 1. The minimum absolute atomic E-state index is 0.127. The summed E-state index contributed by atoms with van der Waals surface area (Å²) >= 11 is 0. The first-order valence-corrected chi connectivity index (χ1v) is 5.67. The lowest BCUT2D eigenvalue weighted by Crippen LogP contribution is -2.47. The maximum Gasteiger partial charge on any atom is 0.128 e. The first-order valence-electron chi connectivity index (χ1n) is 5.67. The fourth-order valence-corrected chi connectivity index (χ4v) is 1.76. The second-order valence-corrected chi connectivity index (χ2v) is 4.42. The van der Waals surface area contributed by atoms with Gasteiger partial charge in [0.2, 0.25) is 0 Å². The van der Waals surface area contributed by atoms with Crippen LogP contribution in [-0.2, 0) is 5.54 Å². The summed E-state index contributed by atoms with van der Waals surface area (Å²) in [4.78, 5) is 0. The van der Waals surface area contributed by atoms with E-state index < -0.39 is 5.54 Å². The molecular formula is C13H20FNO. The van der Waals surface area contributed by atoms with Crippen LogP contribution in [0.2, 0.25) is 0 Å². The highest BCUT2D eigenvalue weighted by atomic mass is 19.1. The average molecular weight is 225 g/mol. The molecule has 0 amide bonds. The number of aliphatic hydroxyl groups is 1. The van der Waals surface area contributed by atoms with Gasteiger partial charge in [0, 0.05) is 11.6 Å². The Morgan fingerprint density at radius 3 is 2.56 bits per heavy atom. The van der Waals surface area contributed by atoms with E-state index >= 15 is 0 Å². The molecule has 2 unspecified atom stereocenters. The zero-order chi connectivity index (χ0) is 12.2. The van der Waals surface area contributed by atoms with Gasteiger partial charge in [0.1, 0.15) is 5.82 Å². The van der Waals surface area contributed by atoms with Gasteiger partial charge in [-0.05, 0) is 26.3 Å². The monoisotopic (exact) mass is 225 g/mol. The molecule has 90 valence electrons. The molecule has 16 heavy (non-hydrogen) atoms. The Bertz CT molecular complexity index is 342. The van der Waals surface area contributed by atoms with Gasteiger partial charge in [0.25, 0.3) is 0 Å². The molecular weight excluding hydrogens is 205 g/mol. The normalized spacial score (nSPS) is 16.8. The number of benzene rings is 1. The van der Waals surface area contributed by atoms with Crippen molar-refractivity contribution in [3.05, 3.63) is 35.6 Å². The molecule has 1 aromatic carbocycles. The molecule has 0 aliphatic rings. The van der Waals surface area contributed by atoms with Gasteiger partial charge in [-0.15, -0.1) is 0 Å². The van der Waals surface area contributed by atoms with Gasteiger partial charge >= 0.3 is 0 Å². The van der Waals surface area contributed by atoms with Crippen LogP contribution in [0.15, 0.2) is 24.3 Å². The zero-order valence-electron chi connectivity index (χ0n) is 10.1. The topological polar surface area (TPSA) is 32.3 Å². The molecule has 3 heteroatoms. The van der Waals surface area contributed by atoms with E-state index in [1.54, 1.807) is 18.2 Å². The molecule has 2 atom stereocenters. The summed E-state index contributed by atoms with van der Waals surface area (Å²) in [5, 5.41) is 12.7. The Hall–Kier alpha value is -0.930. The Morgan fingerprint density at radius 2 is 2.06 bits per heavy atom. The van der Waals surface area contributed by atoms with Gasteiger partial charge in [0.05, 0.1) is 12.1 Å². The second kappa shape index (κ2) is 5.41. The van der Waals surface area contributed by atoms with Crippen molar-refractivity contribution in [3.63, 3.8) is 0 Å². The van der Waals surface area contributed by atoms with Crippen LogP contribution in [0.25, 0.3) is 0 Å². The number of hydrogen-bond donors (Lipinski definition) is 2. The maximum absolute atomic E-state index is 13.7. The Morgan fingerprint density at radius 1 is 1.44 bits per heavy atom. The fourth-order valence-electron chi connectivity index (χ4n) is 1.76. The van der Waals surface area contributed by atoms with E-state index in [-0.39, 0.29) is 18.5 Å². The summed E-state index contributed by atoms with van der Waals surface area (Å²) in [5.74, 6) is -0.283. The number of hydrogen-bond acceptors (Lipinski definition) is 2. The third-order valence-corrected chi connectivity index (χ3v) is 2.96. The van der Waals surface area contributed by atoms with Crippen LogP contribution in [-0.4, -0.2) is 17.8 Å². The zero-order valence-corrected chi connectivity index (χ0v) is 10.1. The first kappa shape index (κ1) is 13.1. The average Bonchev–Trinajstić information content (AvgIpc) is 2.29. The van der Waals surface area contributed by atoms with Gasteiger partial charge < -0.3 is 10.4 Å². The number of nitrogens with one attached hydrogen (secondary N) is 1. The number of halogens is 1. The molecule has 0 bridgehead atoms. The molecule has 0 radical (unpaired) electrons. The van der Waals surface area contributed by atoms with E-state index in [4.69, 9.17) is 0 Å². The predicted molar refractivity (Wildman–Crippen MR) is 63.7 cm³/mol. The minimum atomic E-state index is -0.721. The summed E-state index contributed by atoms with van der Waals surface area (Å²) in [6.07, 6.45) is 0.935. The van der Waals surface area contributed by atoms with Crippen molar-refractivity contribution in [2.45, 2.75) is 38.8 Å². The second-order valence-electron chi connectivity index (χ2n) is 4.42. The quantitative estimate of drug-likeness (QED) is 0.806. The highest BCUT2D eigenvalue weighted by Gasteiger charge is 2.29. The molecule has 2 N–H and O–H groups in total. The predicted octanol–water partition coefficient (Wildman–Crippen LogP) is 2.42. The first-order chi connectivity index (χ1) is 7.53. The molecule has 1 aromatic rings. The van der Waals surface area contributed by atoms with E-state index in [2.05, 4.69) is 12.2 Å². The lowest BCUT2D eigenvalue weighted by Gasteiger charge is -2.32. The molecule has 2 nitrogen and oxygen atoms in total. The van der Waals surface area contributed by atoms with Gasteiger partial charge in [-0.2, -0.15) is 0 Å². The van der Waals surface area contributed by atoms with E-state index in [9.17, 15) is 9.50 Å².